The Morgan fingerprint density at radius 3 is 2.24 bits per heavy atom. The first-order chi connectivity index (χ1) is 17.3. The van der Waals surface area contributed by atoms with Crippen LogP contribution in [0, 0.1) is 0 Å². The van der Waals surface area contributed by atoms with Gasteiger partial charge in [-0.2, -0.15) is 8.78 Å². The fourth-order valence-corrected chi connectivity index (χ4v) is 4.74. The molecule has 37 heavy (non-hydrogen) atoms. The van der Waals surface area contributed by atoms with Gasteiger partial charge in [-0.25, -0.2) is 9.18 Å². The summed E-state index contributed by atoms with van der Waals surface area (Å²) in [7, 11) is 0. The average Bonchev–Trinajstić information content (AvgIpc) is 3.53. The summed E-state index contributed by atoms with van der Waals surface area (Å²) in [5, 5.41) is 2.93. The second-order valence-electron chi connectivity index (χ2n) is 11.0. The van der Waals surface area contributed by atoms with E-state index in [0.29, 0.717) is 5.56 Å². The SMILES string of the molecule is CC(C)(C)OC(=O)NC1(c2ccc(-c3ccc([C@H]4OC(C)(C)N(C(=O)C(F)F)[C@@H]4CF)cc3)cn2)CC1. The van der Waals surface area contributed by atoms with E-state index in [2.05, 4.69) is 10.3 Å². The number of pyridine rings is 1. The van der Waals surface area contributed by atoms with Crippen molar-refractivity contribution in [1.29, 1.82) is 0 Å². The number of halogens is 3. The normalized spacial score (nSPS) is 22.1. The molecule has 2 aromatic rings. The van der Waals surface area contributed by atoms with Crippen molar-refractivity contribution in [3.8, 4) is 11.1 Å². The minimum atomic E-state index is -3.25. The predicted molar refractivity (Wildman–Crippen MR) is 130 cm³/mol. The number of rotatable bonds is 6. The molecule has 1 saturated carbocycles. The van der Waals surface area contributed by atoms with Crippen LogP contribution >= 0.6 is 0 Å². The molecule has 7 nitrogen and oxygen atoms in total. The van der Waals surface area contributed by atoms with Crippen molar-refractivity contribution in [2.24, 2.45) is 0 Å². The van der Waals surface area contributed by atoms with Crippen molar-refractivity contribution < 1.29 is 32.2 Å². The highest BCUT2D eigenvalue weighted by Crippen LogP contribution is 2.45. The Labute approximate surface area is 214 Å². The molecule has 1 saturated heterocycles. The topological polar surface area (TPSA) is 80.8 Å². The molecule has 1 N–H and O–H groups in total. The van der Waals surface area contributed by atoms with E-state index in [4.69, 9.17) is 9.47 Å². The van der Waals surface area contributed by atoms with Gasteiger partial charge >= 0.3 is 12.5 Å². The molecule has 2 aliphatic rings. The van der Waals surface area contributed by atoms with E-state index in [1.807, 2.05) is 12.1 Å². The molecule has 10 heteroatoms. The Bertz CT molecular complexity index is 1140. The summed E-state index contributed by atoms with van der Waals surface area (Å²) in [6.07, 6.45) is -1.36. The van der Waals surface area contributed by atoms with Crippen molar-refractivity contribution in [3.05, 3.63) is 53.9 Å². The van der Waals surface area contributed by atoms with Crippen molar-refractivity contribution in [1.82, 2.24) is 15.2 Å². The quantitative estimate of drug-likeness (QED) is 0.545. The van der Waals surface area contributed by atoms with Gasteiger partial charge in [-0.3, -0.25) is 9.78 Å². The molecule has 1 aliphatic heterocycles. The van der Waals surface area contributed by atoms with E-state index in [1.165, 1.54) is 13.8 Å². The van der Waals surface area contributed by atoms with E-state index < -0.39 is 54.1 Å². The van der Waals surface area contributed by atoms with E-state index in [-0.39, 0.29) is 0 Å². The second kappa shape index (κ2) is 9.63. The largest absolute Gasteiger partial charge is 0.444 e. The lowest BCUT2D eigenvalue weighted by Gasteiger charge is -2.32. The maximum atomic E-state index is 13.9. The van der Waals surface area contributed by atoms with Crippen LogP contribution in [0.1, 0.15) is 64.8 Å². The molecule has 0 spiro atoms. The number of amides is 2. The van der Waals surface area contributed by atoms with Crippen molar-refractivity contribution in [3.63, 3.8) is 0 Å². The van der Waals surface area contributed by atoms with Gasteiger partial charge in [0.05, 0.1) is 17.3 Å². The summed E-state index contributed by atoms with van der Waals surface area (Å²) in [5.74, 6) is -1.45. The van der Waals surface area contributed by atoms with Crippen LogP contribution in [0.25, 0.3) is 11.1 Å². The molecular formula is C27H32F3N3O4. The van der Waals surface area contributed by atoms with Gasteiger partial charge in [0.15, 0.2) is 0 Å². The molecule has 1 aliphatic carbocycles. The second-order valence-corrected chi connectivity index (χ2v) is 11.0. The van der Waals surface area contributed by atoms with Gasteiger partial charge in [-0.1, -0.05) is 30.3 Å². The maximum Gasteiger partial charge on any atom is 0.408 e. The molecule has 2 amide bonds. The number of carbonyl (C=O) groups excluding carboxylic acids is 2. The number of hydrogen-bond donors (Lipinski definition) is 1. The summed E-state index contributed by atoms with van der Waals surface area (Å²) >= 11 is 0. The number of carbonyl (C=O) groups is 2. The lowest BCUT2D eigenvalue weighted by Crippen LogP contribution is -2.51. The number of aromatic nitrogens is 1. The number of alkyl halides is 3. The molecular weight excluding hydrogens is 487 g/mol. The van der Waals surface area contributed by atoms with Crippen molar-refractivity contribution >= 4 is 12.0 Å². The van der Waals surface area contributed by atoms with E-state index in [0.717, 1.165) is 34.6 Å². The first-order valence-electron chi connectivity index (χ1n) is 12.2. The molecule has 200 valence electrons. The highest BCUT2D eigenvalue weighted by Gasteiger charge is 2.52. The number of alkyl carbamates (subject to hydrolysis) is 1. The first-order valence-corrected chi connectivity index (χ1v) is 12.2. The third kappa shape index (κ3) is 5.58. The van der Waals surface area contributed by atoms with Crippen LogP contribution in [0.15, 0.2) is 42.6 Å². The van der Waals surface area contributed by atoms with E-state index in [9.17, 15) is 22.8 Å². The van der Waals surface area contributed by atoms with Gasteiger partial charge in [-0.05, 0) is 64.7 Å². The summed E-state index contributed by atoms with van der Waals surface area (Å²) in [6, 6.07) is 9.68. The van der Waals surface area contributed by atoms with Gasteiger partial charge in [-0.15, -0.1) is 0 Å². The molecule has 2 heterocycles. The fourth-order valence-electron chi connectivity index (χ4n) is 4.74. The number of hydrogen-bond acceptors (Lipinski definition) is 5. The lowest BCUT2D eigenvalue weighted by molar-refractivity contribution is -0.159. The molecule has 2 fully saturated rings. The minimum absolute atomic E-state index is 0.482. The van der Waals surface area contributed by atoms with Crippen molar-refractivity contribution in [2.45, 2.75) is 82.9 Å². The molecule has 0 unspecified atom stereocenters. The summed E-state index contributed by atoms with van der Waals surface area (Å²) in [6.45, 7) is 7.35. The van der Waals surface area contributed by atoms with Crippen LogP contribution in [-0.4, -0.2) is 52.4 Å². The Morgan fingerprint density at radius 2 is 1.76 bits per heavy atom. The van der Waals surface area contributed by atoms with Gasteiger partial charge in [0, 0.05) is 11.8 Å². The summed E-state index contributed by atoms with van der Waals surface area (Å²) in [4.78, 5) is 29.7. The Balaban J connectivity index is 1.48. The molecule has 1 aromatic carbocycles. The van der Waals surface area contributed by atoms with Gasteiger partial charge in [0.2, 0.25) is 0 Å². The molecule has 2 atom stereocenters. The Kier molecular flexibility index (Phi) is 7.00. The molecule has 0 bridgehead atoms. The van der Waals surface area contributed by atoms with Crippen LogP contribution in [0.5, 0.6) is 0 Å². The Morgan fingerprint density at radius 1 is 1.14 bits per heavy atom. The van der Waals surface area contributed by atoms with Crippen molar-refractivity contribution in [2.75, 3.05) is 6.67 Å². The molecule has 4 rings (SSSR count). The standard InChI is InChI=1S/C27H32F3N3O4/c1-25(2,3)37-24(35)32-27(12-13-27)20-11-10-18(15-31-20)16-6-8-17(9-7-16)21-19(14-28)33(23(34)22(29)30)26(4,5)36-21/h6-11,15,19,21-22H,12-14H2,1-5H3,(H,32,35)/t19-,21-/m1/s1. The maximum absolute atomic E-state index is 13.9. The van der Waals surface area contributed by atoms with Crippen LogP contribution in [-0.2, 0) is 19.8 Å². The zero-order valence-electron chi connectivity index (χ0n) is 21.6. The first kappa shape index (κ1) is 26.9. The molecule has 1 aromatic heterocycles. The number of nitrogens with one attached hydrogen (secondary N) is 1. The summed E-state index contributed by atoms with van der Waals surface area (Å²) in [5.41, 5.74) is 0.487. The number of ether oxygens (including phenoxy) is 2. The van der Waals surface area contributed by atoms with Crippen LogP contribution in [0.2, 0.25) is 0 Å². The monoisotopic (exact) mass is 519 g/mol. The highest BCUT2D eigenvalue weighted by molar-refractivity contribution is 5.80. The predicted octanol–water partition coefficient (Wildman–Crippen LogP) is 5.50. The third-order valence-corrected chi connectivity index (χ3v) is 6.58. The van der Waals surface area contributed by atoms with Gasteiger partial charge < -0.3 is 19.7 Å². The summed E-state index contributed by atoms with van der Waals surface area (Å²) < 4.78 is 51.4. The fraction of sp³-hybridized carbons (Fsp3) is 0.519. The zero-order chi connectivity index (χ0) is 27.2. The van der Waals surface area contributed by atoms with E-state index >= 15 is 0 Å². The zero-order valence-corrected chi connectivity index (χ0v) is 21.6. The third-order valence-electron chi connectivity index (χ3n) is 6.58. The number of nitrogens with zero attached hydrogens (tertiary/aromatic N) is 2. The van der Waals surface area contributed by atoms with Crippen LogP contribution in [0.3, 0.4) is 0 Å². The molecule has 0 radical (unpaired) electrons. The van der Waals surface area contributed by atoms with Gasteiger partial charge in [0.1, 0.15) is 24.1 Å². The van der Waals surface area contributed by atoms with Gasteiger partial charge in [0.25, 0.3) is 5.91 Å². The highest BCUT2D eigenvalue weighted by atomic mass is 19.3. The van der Waals surface area contributed by atoms with Crippen LogP contribution < -0.4 is 5.32 Å². The lowest BCUT2D eigenvalue weighted by atomic mass is 9.99. The number of benzene rings is 1. The van der Waals surface area contributed by atoms with Crippen LogP contribution in [0.4, 0.5) is 18.0 Å². The smallest absolute Gasteiger partial charge is 0.408 e. The average molecular weight is 520 g/mol. The Hall–Kier alpha value is -3.14. The minimum Gasteiger partial charge on any atom is -0.444 e. The van der Waals surface area contributed by atoms with E-state index in [1.54, 1.807) is 51.2 Å².